The Labute approximate surface area is 168 Å². The molecule has 2 aromatic carbocycles. The lowest BCUT2D eigenvalue weighted by Crippen LogP contribution is -2.26. The number of aromatic nitrogens is 2. The molecule has 6 heteroatoms. The molecule has 4 rings (SSSR count). The Morgan fingerprint density at radius 3 is 1.79 bits per heavy atom. The molecule has 0 bridgehead atoms. The smallest absolute Gasteiger partial charge is 0.293 e. The van der Waals surface area contributed by atoms with E-state index in [0.717, 1.165) is 26.6 Å². The van der Waals surface area contributed by atoms with E-state index in [9.17, 15) is 9.59 Å². The molecule has 0 aliphatic rings. The molecule has 0 spiro atoms. The van der Waals surface area contributed by atoms with Gasteiger partial charge in [-0.3, -0.25) is 24.4 Å². The van der Waals surface area contributed by atoms with E-state index in [1.807, 2.05) is 60.7 Å². The van der Waals surface area contributed by atoms with Gasteiger partial charge in [0.05, 0.1) is 7.11 Å². The van der Waals surface area contributed by atoms with Crippen molar-refractivity contribution in [2.24, 2.45) is 0 Å². The zero-order valence-corrected chi connectivity index (χ0v) is 16.5. The second-order valence-electron chi connectivity index (χ2n) is 6.30. The average molecular weight is 387 g/mol. The van der Waals surface area contributed by atoms with E-state index in [4.69, 9.17) is 4.84 Å². The van der Waals surface area contributed by atoms with E-state index < -0.39 is 0 Å². The van der Waals surface area contributed by atoms with Gasteiger partial charge in [0, 0.05) is 37.1 Å². The molecule has 2 heterocycles. The third-order valence-corrected chi connectivity index (χ3v) is 4.44. The van der Waals surface area contributed by atoms with E-state index in [-0.39, 0.29) is 11.7 Å². The first kappa shape index (κ1) is 20.1. The van der Waals surface area contributed by atoms with Gasteiger partial charge in [0.2, 0.25) is 0 Å². The van der Waals surface area contributed by atoms with Gasteiger partial charge in [-0.15, -0.1) is 0 Å². The molecule has 0 saturated carbocycles. The number of benzene rings is 2. The fraction of sp³-hybridized carbons (Fsp3) is 0.130. The minimum atomic E-state index is -0.251. The van der Waals surface area contributed by atoms with Crippen molar-refractivity contribution in [3.8, 4) is 0 Å². The molecule has 146 valence electrons. The fourth-order valence-corrected chi connectivity index (χ4v) is 2.92. The number of hydrogen-bond donors (Lipinski definition) is 0. The van der Waals surface area contributed by atoms with E-state index >= 15 is 0 Å². The maximum Gasteiger partial charge on any atom is 0.296 e. The summed E-state index contributed by atoms with van der Waals surface area (Å²) in [6, 6.07) is 19.2. The number of nitrogens with zero attached hydrogens (tertiary/aromatic N) is 3. The van der Waals surface area contributed by atoms with E-state index in [2.05, 4.69) is 9.97 Å². The van der Waals surface area contributed by atoms with Crippen LogP contribution < -0.4 is 0 Å². The monoisotopic (exact) mass is 387 g/mol. The summed E-state index contributed by atoms with van der Waals surface area (Å²) >= 11 is 0. The van der Waals surface area contributed by atoms with Gasteiger partial charge >= 0.3 is 0 Å². The van der Waals surface area contributed by atoms with E-state index in [0.29, 0.717) is 11.4 Å². The number of carbonyl (C=O) groups is 2. The predicted molar refractivity (Wildman–Crippen MR) is 113 cm³/mol. The van der Waals surface area contributed by atoms with Gasteiger partial charge in [-0.2, -0.15) is 0 Å². The molecule has 4 aromatic rings. The zero-order chi connectivity index (χ0) is 20.8. The number of pyridine rings is 2. The molecule has 1 amide bonds. The number of hydrogen-bond acceptors (Lipinski definition) is 5. The lowest BCUT2D eigenvalue weighted by atomic mass is 10.1. The van der Waals surface area contributed by atoms with Crippen molar-refractivity contribution in [2.75, 3.05) is 14.2 Å². The molecule has 0 fully saturated rings. The first-order valence-electron chi connectivity index (χ1n) is 9.03. The summed E-state index contributed by atoms with van der Waals surface area (Å²) in [7, 11) is 3.01. The third-order valence-electron chi connectivity index (χ3n) is 4.44. The van der Waals surface area contributed by atoms with Crippen molar-refractivity contribution >= 4 is 33.2 Å². The van der Waals surface area contributed by atoms with Crippen LogP contribution in [0.15, 0.2) is 73.1 Å². The highest BCUT2D eigenvalue weighted by Crippen LogP contribution is 2.17. The molecule has 0 unspecified atom stereocenters. The third kappa shape index (κ3) is 4.44. The van der Waals surface area contributed by atoms with Crippen LogP contribution >= 0.6 is 0 Å². The normalized spacial score (nSPS) is 10.3. The molecule has 0 aliphatic carbocycles. The summed E-state index contributed by atoms with van der Waals surface area (Å²) in [5.74, 6) is -0.240. The zero-order valence-electron chi connectivity index (χ0n) is 16.5. The van der Waals surface area contributed by atoms with Crippen LogP contribution in [0.5, 0.6) is 0 Å². The van der Waals surface area contributed by atoms with Crippen LogP contribution in [-0.4, -0.2) is 40.9 Å². The Bertz CT molecular complexity index is 1160. The molecule has 0 saturated heterocycles. The maximum atomic E-state index is 11.9. The first-order valence-corrected chi connectivity index (χ1v) is 9.03. The van der Waals surface area contributed by atoms with Crippen LogP contribution in [0, 0.1) is 0 Å². The van der Waals surface area contributed by atoms with Crippen molar-refractivity contribution < 1.29 is 14.4 Å². The first-order chi connectivity index (χ1) is 14.0. The van der Waals surface area contributed by atoms with Crippen molar-refractivity contribution in [3.63, 3.8) is 0 Å². The standard InChI is InChI=1S/C12H12N2O2.C11H9NO/c1-14(16-2)12(15)11-10-6-4-3-5-9(10)7-8-13-11;1-8(13)11-10-5-3-2-4-9(10)6-7-12-11/h3-8H,1-2H3;2-7H,1H3. The van der Waals surface area contributed by atoms with Crippen LogP contribution in [0.25, 0.3) is 21.5 Å². The van der Waals surface area contributed by atoms with Gasteiger partial charge in [-0.05, 0) is 22.9 Å². The molecule has 6 nitrogen and oxygen atoms in total. The lowest BCUT2D eigenvalue weighted by Gasteiger charge is -2.13. The molecule has 0 atom stereocenters. The molecule has 2 aromatic heterocycles. The highest BCUT2D eigenvalue weighted by atomic mass is 16.7. The SMILES string of the molecule is CC(=O)c1nccc2ccccc12.CON(C)C(=O)c1nccc2ccccc12. The lowest BCUT2D eigenvalue weighted by molar-refractivity contribution is -0.0759. The summed E-state index contributed by atoms with van der Waals surface area (Å²) in [5.41, 5.74) is 0.959. The Balaban J connectivity index is 0.000000169. The molecular weight excluding hydrogens is 366 g/mol. The summed E-state index contributed by atoms with van der Waals surface area (Å²) < 4.78 is 0. The Hall–Kier alpha value is -3.64. The molecule has 29 heavy (non-hydrogen) atoms. The second-order valence-corrected chi connectivity index (χ2v) is 6.30. The Morgan fingerprint density at radius 1 is 0.793 bits per heavy atom. The Morgan fingerprint density at radius 2 is 1.28 bits per heavy atom. The molecule has 0 radical (unpaired) electrons. The minimum absolute atomic E-state index is 0.0109. The summed E-state index contributed by atoms with van der Waals surface area (Å²) in [6.07, 6.45) is 3.29. The topological polar surface area (TPSA) is 72.4 Å². The maximum absolute atomic E-state index is 11.9. The Kier molecular flexibility index (Phi) is 6.26. The summed E-state index contributed by atoms with van der Waals surface area (Å²) in [5, 5.41) is 4.97. The van der Waals surface area contributed by atoms with Crippen LogP contribution in [0.1, 0.15) is 27.9 Å². The van der Waals surface area contributed by atoms with Crippen molar-refractivity contribution in [3.05, 3.63) is 84.4 Å². The molecular formula is C23H21N3O3. The van der Waals surface area contributed by atoms with E-state index in [1.165, 1.54) is 14.0 Å². The second kappa shape index (κ2) is 9.03. The number of amides is 1. The fourth-order valence-electron chi connectivity index (χ4n) is 2.92. The quantitative estimate of drug-likeness (QED) is 0.387. The van der Waals surface area contributed by atoms with E-state index in [1.54, 1.807) is 19.4 Å². The van der Waals surface area contributed by atoms with Gasteiger partial charge in [0.25, 0.3) is 5.91 Å². The van der Waals surface area contributed by atoms with Gasteiger partial charge in [0.15, 0.2) is 5.78 Å². The van der Waals surface area contributed by atoms with Gasteiger partial charge in [0.1, 0.15) is 11.4 Å². The van der Waals surface area contributed by atoms with Crippen molar-refractivity contribution in [1.29, 1.82) is 0 Å². The van der Waals surface area contributed by atoms with Crippen molar-refractivity contribution in [2.45, 2.75) is 6.92 Å². The number of Topliss-reactive ketones (excluding diaryl/α,β-unsaturated/α-hetero) is 1. The number of rotatable bonds is 3. The van der Waals surface area contributed by atoms with Gasteiger partial charge in [-0.1, -0.05) is 48.5 Å². The number of carbonyl (C=O) groups excluding carboxylic acids is 2. The highest BCUT2D eigenvalue weighted by molar-refractivity contribution is 6.05. The molecule has 0 aliphatic heterocycles. The number of fused-ring (bicyclic) bond motifs is 2. The highest BCUT2D eigenvalue weighted by Gasteiger charge is 2.15. The molecule has 0 N–H and O–H groups in total. The van der Waals surface area contributed by atoms with Crippen LogP contribution in [0.3, 0.4) is 0 Å². The minimum Gasteiger partial charge on any atom is -0.293 e. The summed E-state index contributed by atoms with van der Waals surface area (Å²) in [6.45, 7) is 1.54. The average Bonchev–Trinajstić information content (AvgIpc) is 2.77. The van der Waals surface area contributed by atoms with Crippen LogP contribution in [0.2, 0.25) is 0 Å². The van der Waals surface area contributed by atoms with Gasteiger partial charge < -0.3 is 0 Å². The summed E-state index contributed by atoms with van der Waals surface area (Å²) in [4.78, 5) is 36.1. The van der Waals surface area contributed by atoms with Gasteiger partial charge in [-0.25, -0.2) is 5.06 Å². The predicted octanol–water partition coefficient (Wildman–Crippen LogP) is 4.31. The van der Waals surface area contributed by atoms with Crippen molar-refractivity contribution in [1.82, 2.24) is 15.0 Å². The van der Waals surface area contributed by atoms with Crippen LogP contribution in [-0.2, 0) is 4.84 Å². The number of ketones is 1. The largest absolute Gasteiger partial charge is 0.296 e. The van der Waals surface area contributed by atoms with Crippen LogP contribution in [0.4, 0.5) is 0 Å². The number of hydroxylamine groups is 2.